The minimum Gasteiger partial charge on any atom is -0.327 e. The topological polar surface area (TPSA) is 43.4 Å². The maximum atomic E-state index is 12.4. The molecule has 2 aromatic carbocycles. The van der Waals surface area contributed by atoms with Gasteiger partial charge >= 0.3 is 0 Å². The van der Waals surface area contributed by atoms with Crippen LogP contribution < -0.4 is 5.30 Å². The molecule has 2 rings (SSSR count). The molecule has 0 radical (unpaired) electrons. The van der Waals surface area contributed by atoms with Crippen LogP contribution in [0.15, 0.2) is 42.5 Å². The van der Waals surface area contributed by atoms with Crippen LogP contribution in [0.4, 0.5) is 0 Å². The van der Waals surface area contributed by atoms with Crippen LogP contribution in [0.3, 0.4) is 0 Å². The summed E-state index contributed by atoms with van der Waals surface area (Å²) in [6.45, 7) is 6.07. The largest absolute Gasteiger partial charge is 0.327 e. The van der Waals surface area contributed by atoms with Gasteiger partial charge in [-0.15, -0.1) is 0 Å². The molecule has 1 unspecified atom stereocenters. The summed E-state index contributed by atoms with van der Waals surface area (Å²) in [7, 11) is -2.32. The first-order chi connectivity index (χ1) is 10.5. The van der Waals surface area contributed by atoms with E-state index in [9.17, 15) is 9.36 Å². The van der Waals surface area contributed by atoms with Gasteiger partial charge in [0.05, 0.1) is 6.61 Å². The van der Waals surface area contributed by atoms with Crippen molar-refractivity contribution in [3.8, 4) is 0 Å². The van der Waals surface area contributed by atoms with Crippen molar-refractivity contribution in [3.05, 3.63) is 64.7 Å². The second-order valence-corrected chi connectivity index (χ2v) is 6.81. The number of aryl methyl sites for hydroxylation is 3. The van der Waals surface area contributed by atoms with Crippen LogP contribution in [0.25, 0.3) is 0 Å². The van der Waals surface area contributed by atoms with Crippen molar-refractivity contribution < 1.29 is 13.9 Å². The van der Waals surface area contributed by atoms with E-state index < -0.39 is 8.03 Å². The Labute approximate surface area is 132 Å². The van der Waals surface area contributed by atoms with Gasteiger partial charge in [0.1, 0.15) is 0 Å². The first-order valence-corrected chi connectivity index (χ1v) is 8.64. The summed E-state index contributed by atoms with van der Waals surface area (Å²) < 4.78 is 17.8. The van der Waals surface area contributed by atoms with Crippen LogP contribution in [0.5, 0.6) is 0 Å². The lowest BCUT2D eigenvalue weighted by Crippen LogP contribution is -2.10. The molecule has 2 aromatic rings. The third-order valence-corrected chi connectivity index (χ3v) is 5.20. The predicted molar refractivity (Wildman–Crippen MR) is 90.6 cm³/mol. The number of carbonyl (C=O) groups is 1. The SMILES string of the molecule is Cc1cc(C)c([PH](=O)OCCC(=O)c2ccccc2)c(C)c1. The van der Waals surface area contributed by atoms with Gasteiger partial charge in [-0.3, -0.25) is 9.36 Å². The summed E-state index contributed by atoms with van der Waals surface area (Å²) in [4.78, 5) is 12.0. The summed E-state index contributed by atoms with van der Waals surface area (Å²) in [5, 5.41) is 0.780. The van der Waals surface area contributed by atoms with Crippen LogP contribution in [0.2, 0.25) is 0 Å². The second kappa shape index (κ2) is 7.53. The molecule has 116 valence electrons. The Morgan fingerprint density at radius 3 is 2.23 bits per heavy atom. The van der Waals surface area contributed by atoms with Gasteiger partial charge in [-0.25, -0.2) is 0 Å². The quantitative estimate of drug-likeness (QED) is 0.597. The number of rotatable bonds is 6. The Morgan fingerprint density at radius 1 is 1.05 bits per heavy atom. The maximum Gasteiger partial charge on any atom is 0.221 e. The lowest BCUT2D eigenvalue weighted by Gasteiger charge is -2.11. The van der Waals surface area contributed by atoms with Crippen LogP contribution in [-0.2, 0) is 9.09 Å². The van der Waals surface area contributed by atoms with E-state index in [4.69, 9.17) is 4.52 Å². The van der Waals surface area contributed by atoms with Crippen LogP contribution in [0, 0.1) is 20.8 Å². The second-order valence-electron chi connectivity index (χ2n) is 5.45. The summed E-state index contributed by atoms with van der Waals surface area (Å²) in [6.07, 6.45) is 0.240. The molecule has 0 heterocycles. The van der Waals surface area contributed by atoms with E-state index >= 15 is 0 Å². The van der Waals surface area contributed by atoms with E-state index in [0.717, 1.165) is 22.0 Å². The average molecular weight is 316 g/mol. The molecule has 22 heavy (non-hydrogen) atoms. The van der Waals surface area contributed by atoms with Gasteiger partial charge in [-0.05, 0) is 31.9 Å². The zero-order valence-corrected chi connectivity index (χ0v) is 14.2. The Kier molecular flexibility index (Phi) is 5.70. The van der Waals surface area contributed by atoms with Gasteiger partial charge in [-0.1, -0.05) is 48.0 Å². The van der Waals surface area contributed by atoms with Crippen molar-refractivity contribution in [2.45, 2.75) is 27.2 Å². The minimum atomic E-state index is -2.32. The molecule has 1 atom stereocenters. The van der Waals surface area contributed by atoms with Crippen molar-refractivity contribution >= 4 is 19.1 Å². The highest BCUT2D eigenvalue weighted by molar-refractivity contribution is 7.48. The van der Waals surface area contributed by atoms with Gasteiger partial charge < -0.3 is 4.52 Å². The fraction of sp³-hybridized carbons (Fsp3) is 0.278. The average Bonchev–Trinajstić information content (AvgIpc) is 2.47. The Hall–Kier alpha value is -1.70. The smallest absolute Gasteiger partial charge is 0.221 e. The molecule has 0 aromatic heterocycles. The molecule has 0 saturated carbocycles. The molecular weight excluding hydrogens is 295 g/mol. The first-order valence-electron chi connectivity index (χ1n) is 7.32. The molecule has 0 spiro atoms. The fourth-order valence-corrected chi connectivity index (χ4v) is 3.80. The van der Waals surface area contributed by atoms with Gasteiger partial charge in [0, 0.05) is 17.3 Å². The molecule has 0 saturated heterocycles. The van der Waals surface area contributed by atoms with Crippen molar-refractivity contribution in [1.29, 1.82) is 0 Å². The lowest BCUT2D eigenvalue weighted by molar-refractivity contribution is 0.0965. The van der Waals surface area contributed by atoms with Crippen LogP contribution in [0.1, 0.15) is 33.5 Å². The molecule has 0 aliphatic carbocycles. The summed E-state index contributed by atoms with van der Waals surface area (Å²) in [6, 6.07) is 13.1. The highest BCUT2D eigenvalue weighted by Crippen LogP contribution is 2.26. The van der Waals surface area contributed by atoms with E-state index in [1.165, 1.54) is 0 Å². The number of ketones is 1. The molecule has 0 aliphatic heterocycles. The number of hydrogen-bond acceptors (Lipinski definition) is 3. The molecule has 0 fully saturated rings. The number of hydrogen-bond donors (Lipinski definition) is 0. The number of Topliss-reactive ketones (excluding diaryl/α,β-unsaturated/α-hetero) is 1. The maximum absolute atomic E-state index is 12.4. The molecule has 4 heteroatoms. The third-order valence-electron chi connectivity index (χ3n) is 3.54. The van der Waals surface area contributed by atoms with Crippen molar-refractivity contribution in [2.75, 3.05) is 6.61 Å². The van der Waals surface area contributed by atoms with Crippen molar-refractivity contribution in [3.63, 3.8) is 0 Å². The van der Waals surface area contributed by atoms with E-state index in [-0.39, 0.29) is 18.8 Å². The zero-order chi connectivity index (χ0) is 16.1. The van der Waals surface area contributed by atoms with Crippen molar-refractivity contribution in [2.24, 2.45) is 0 Å². The van der Waals surface area contributed by atoms with Crippen LogP contribution in [-0.4, -0.2) is 12.4 Å². The Bertz CT molecular complexity index is 670. The van der Waals surface area contributed by atoms with E-state index in [0.29, 0.717) is 5.56 Å². The van der Waals surface area contributed by atoms with Gasteiger partial charge in [-0.2, -0.15) is 0 Å². The lowest BCUT2D eigenvalue weighted by atomic mass is 10.1. The predicted octanol–water partition coefficient (Wildman–Crippen LogP) is 4.00. The molecular formula is C18H21O3P. The first kappa shape index (κ1) is 16.7. The molecule has 0 amide bonds. The number of benzene rings is 2. The van der Waals surface area contributed by atoms with E-state index in [1.807, 2.05) is 51.1 Å². The standard InChI is InChI=1S/C18H21O3P/c1-13-11-14(2)18(15(3)12-13)22(20)21-10-9-17(19)16-7-5-4-6-8-16/h4-8,11-12,22H,9-10H2,1-3H3. The van der Waals surface area contributed by atoms with Crippen molar-refractivity contribution in [1.82, 2.24) is 0 Å². The monoisotopic (exact) mass is 316 g/mol. The highest BCUT2D eigenvalue weighted by atomic mass is 31.1. The van der Waals surface area contributed by atoms with E-state index in [2.05, 4.69) is 0 Å². The number of carbonyl (C=O) groups excluding carboxylic acids is 1. The Balaban J connectivity index is 1.95. The molecule has 3 nitrogen and oxygen atoms in total. The summed E-state index contributed by atoms with van der Waals surface area (Å²) in [5.41, 5.74) is 3.77. The molecule has 0 aliphatic rings. The molecule has 0 bridgehead atoms. The fourth-order valence-electron chi connectivity index (χ4n) is 2.58. The van der Waals surface area contributed by atoms with Gasteiger partial charge in [0.2, 0.25) is 8.03 Å². The van der Waals surface area contributed by atoms with Gasteiger partial charge in [0.25, 0.3) is 0 Å². The van der Waals surface area contributed by atoms with E-state index in [1.54, 1.807) is 12.1 Å². The highest BCUT2D eigenvalue weighted by Gasteiger charge is 2.13. The zero-order valence-electron chi connectivity index (χ0n) is 13.2. The summed E-state index contributed by atoms with van der Waals surface area (Å²) >= 11 is 0. The van der Waals surface area contributed by atoms with Crippen LogP contribution >= 0.6 is 8.03 Å². The third kappa shape index (κ3) is 4.16. The van der Waals surface area contributed by atoms with Gasteiger partial charge in [0.15, 0.2) is 5.78 Å². The summed E-state index contributed by atoms with van der Waals surface area (Å²) in [5.74, 6) is 0.00718. The molecule has 0 N–H and O–H groups in total. The Morgan fingerprint density at radius 2 is 1.64 bits per heavy atom. The minimum absolute atomic E-state index is 0.00718. The normalized spacial score (nSPS) is 12.1.